The molecule has 1 amide bonds. The Labute approximate surface area is 376 Å². The van der Waals surface area contributed by atoms with Crippen LogP contribution in [-0.2, 0) is 25.6 Å². The summed E-state index contributed by atoms with van der Waals surface area (Å²) in [6.07, 6.45) is 5.43. The smallest absolute Gasteiger partial charge is 1.00 e. The van der Waals surface area contributed by atoms with E-state index in [1.54, 1.807) is 6.07 Å². The molecule has 5 rings (SSSR count). The summed E-state index contributed by atoms with van der Waals surface area (Å²) in [7, 11) is 1.21. The predicted octanol–water partition coefficient (Wildman–Crippen LogP) is -2.91. The number of hydrogen-bond donors (Lipinski definition) is 3. The van der Waals surface area contributed by atoms with Gasteiger partial charge in [-0.1, -0.05) is 52.5 Å². The predicted molar refractivity (Wildman–Crippen MR) is 163 cm³/mol. The van der Waals surface area contributed by atoms with E-state index in [-0.39, 0.29) is 177 Å². The first kappa shape index (κ1) is 44.3. The van der Waals surface area contributed by atoms with Crippen LogP contribution in [0, 0.1) is 0 Å². The van der Waals surface area contributed by atoms with E-state index in [0.717, 1.165) is 0 Å². The second kappa shape index (κ2) is 22.2. The van der Waals surface area contributed by atoms with Crippen molar-refractivity contribution in [2.45, 2.75) is 6.42 Å². The average Bonchev–Trinajstić information content (AvgIpc) is 3.03. The molecule has 0 spiro atoms. The molecule has 0 saturated heterocycles. The van der Waals surface area contributed by atoms with Crippen LogP contribution in [0.1, 0.15) is 17.5 Å². The number of pyridine rings is 3. The average molecular weight is 790 g/mol. The second-order valence-electron chi connectivity index (χ2n) is 8.15. The summed E-state index contributed by atoms with van der Waals surface area (Å²) >= 11 is 23.3. The van der Waals surface area contributed by atoms with Gasteiger partial charge in [-0.3, -0.25) is 14.4 Å². The van der Waals surface area contributed by atoms with Crippen LogP contribution in [0.25, 0.3) is 22.3 Å². The Morgan fingerprint density at radius 3 is 2.15 bits per heavy atom. The van der Waals surface area contributed by atoms with Gasteiger partial charge in [0.25, 0.3) is 12.0 Å². The van der Waals surface area contributed by atoms with E-state index in [1.807, 2.05) is 0 Å². The third kappa shape index (κ3) is 12.6. The molecule has 0 aromatic carbocycles. The largest absolute Gasteiger partial charge is 1.00 e. The maximum Gasteiger partial charge on any atom is 1.00 e. The Kier molecular flexibility index (Phi) is 20.5. The molecular weight excluding hydrogens is 772 g/mol. The second-order valence-corrected chi connectivity index (χ2v) is 9.64. The first-order valence-electron chi connectivity index (χ1n) is 12.1. The Morgan fingerprint density at radius 1 is 0.958 bits per heavy atom. The van der Waals surface area contributed by atoms with E-state index in [9.17, 15) is 19.5 Å². The Hall–Kier alpha value is -1.73. The van der Waals surface area contributed by atoms with Gasteiger partial charge in [-0.05, 0) is 23.8 Å². The van der Waals surface area contributed by atoms with Crippen molar-refractivity contribution in [3.05, 3.63) is 91.3 Å². The molecular formula is C26H18Cl4K2N8O8. The Balaban J connectivity index is 0.000000805. The van der Waals surface area contributed by atoms with E-state index < -0.39 is 17.4 Å². The third-order valence-corrected chi connectivity index (χ3v) is 6.36. The summed E-state index contributed by atoms with van der Waals surface area (Å²) < 4.78 is 4.57. The van der Waals surface area contributed by atoms with Crippen LogP contribution in [0.5, 0.6) is 5.75 Å². The Bertz CT molecular complexity index is 1970. The number of amides is 1. The number of ether oxygens (including phenoxy) is 1. The van der Waals surface area contributed by atoms with Crippen molar-refractivity contribution in [3.8, 4) is 16.9 Å². The molecule has 0 atom stereocenters. The molecule has 3 N–H and O–H groups in total. The number of fused-ring (bicyclic) bond motifs is 1. The van der Waals surface area contributed by atoms with Crippen LogP contribution in [0.15, 0.2) is 53.8 Å². The number of carbonyl (C=O) groups excluding carboxylic acids is 3. The molecule has 0 saturated carbocycles. The number of aromatic hydroxyl groups is 1. The van der Waals surface area contributed by atoms with E-state index in [4.69, 9.17) is 56.5 Å². The zero-order valence-electron chi connectivity index (χ0n) is 25.9. The van der Waals surface area contributed by atoms with Gasteiger partial charge in [-0.2, -0.15) is 0 Å². The normalized spacial score (nSPS) is 9.62. The number of nitrogens with one attached hydrogen (secondary N) is 2. The summed E-state index contributed by atoms with van der Waals surface area (Å²) in [6.45, 7) is -0.181. The molecule has 0 aliphatic rings. The molecule has 16 nitrogen and oxygen atoms in total. The van der Waals surface area contributed by atoms with Gasteiger partial charge in [0.2, 0.25) is 5.91 Å². The van der Waals surface area contributed by atoms with Gasteiger partial charge in [0.05, 0.1) is 19.1 Å². The SMILES string of the molecule is COC(=O)c1nccnc1NC(=O)Cc1ccc(Cl)nc1Cl.O=CO[O-].O=c1[nH]c2nccnc2c(O)c1-c1ccc(Cl)nc1Cl.[H-].[K+].[K+]. The van der Waals surface area contributed by atoms with Crippen molar-refractivity contribution in [1.82, 2.24) is 34.9 Å². The maximum atomic E-state index is 12.1. The summed E-state index contributed by atoms with van der Waals surface area (Å²) in [5.41, 5.74) is 0.478. The minimum absolute atomic E-state index is 0. The number of hydrogen-bond acceptors (Lipinski definition) is 14. The molecule has 0 aliphatic heterocycles. The van der Waals surface area contributed by atoms with Gasteiger partial charge >= 0.3 is 109 Å². The van der Waals surface area contributed by atoms with Crippen LogP contribution in [0.4, 0.5) is 5.82 Å². The van der Waals surface area contributed by atoms with Gasteiger partial charge in [-0.15, -0.1) is 0 Å². The van der Waals surface area contributed by atoms with Crippen molar-refractivity contribution in [1.29, 1.82) is 0 Å². The van der Waals surface area contributed by atoms with Gasteiger partial charge in [-0.25, -0.2) is 34.7 Å². The zero-order valence-corrected chi connectivity index (χ0v) is 34.2. The third-order valence-electron chi connectivity index (χ3n) is 5.32. The molecule has 0 fully saturated rings. The number of rotatable bonds is 6. The van der Waals surface area contributed by atoms with Crippen LogP contribution in [0.2, 0.25) is 20.6 Å². The minimum Gasteiger partial charge on any atom is -1.00 e. The van der Waals surface area contributed by atoms with Crippen molar-refractivity contribution in [2.75, 3.05) is 12.4 Å². The number of carbonyl (C=O) groups is 3. The van der Waals surface area contributed by atoms with Crippen LogP contribution in [-0.4, -0.2) is 65.5 Å². The molecule has 0 aliphatic carbocycles. The van der Waals surface area contributed by atoms with Crippen LogP contribution < -0.4 is 119 Å². The van der Waals surface area contributed by atoms with Crippen molar-refractivity contribution in [2.24, 2.45) is 0 Å². The topological polar surface area (TPSA) is 235 Å². The van der Waals surface area contributed by atoms with E-state index in [2.05, 4.69) is 49.8 Å². The molecule has 5 aromatic heterocycles. The quantitative estimate of drug-likeness (QED) is 0.0391. The number of anilines is 1. The fraction of sp³-hybridized carbons (Fsp3) is 0.0769. The number of aromatic nitrogens is 7. The molecule has 5 heterocycles. The molecule has 240 valence electrons. The fourth-order valence-corrected chi connectivity index (χ4v) is 4.30. The summed E-state index contributed by atoms with van der Waals surface area (Å²) in [5.74, 6) is -1.42. The standard InChI is InChI=1S/C13H10Cl2N4O3.C12H6Cl2N4O2.CH2O3.2K.H/c1-22-13(21)10-12(17-5-4-16-10)19-9(20)6-7-2-3-8(14)18-11(7)15;13-6-2-1-5(10(14)17-6)7-9(19)8-11(18-12(7)20)16-4-3-15-8;2-1-4-3;;;/h2-5H,6H2,1H3,(H,17,19,20);1-4H,(H2,16,18,19,20);1,3H;;;/q;;;2*+1;-1/p-1. The minimum atomic E-state index is -0.699. The Morgan fingerprint density at radius 2 is 1.54 bits per heavy atom. The number of esters is 1. The molecule has 22 heteroatoms. The van der Waals surface area contributed by atoms with Crippen LogP contribution >= 0.6 is 46.4 Å². The van der Waals surface area contributed by atoms with E-state index >= 15 is 0 Å². The number of methoxy groups -OCH3 is 1. The van der Waals surface area contributed by atoms with Crippen molar-refractivity contribution in [3.63, 3.8) is 0 Å². The van der Waals surface area contributed by atoms with E-state index in [1.165, 1.54) is 50.1 Å². The maximum absolute atomic E-state index is 12.1. The van der Waals surface area contributed by atoms with Gasteiger partial charge in [0, 0.05) is 30.4 Å². The molecule has 0 radical (unpaired) electrons. The van der Waals surface area contributed by atoms with Crippen molar-refractivity contribution >= 4 is 81.7 Å². The molecule has 5 aromatic rings. The van der Waals surface area contributed by atoms with Crippen LogP contribution in [0.3, 0.4) is 0 Å². The first-order chi connectivity index (χ1) is 22.0. The monoisotopic (exact) mass is 788 g/mol. The van der Waals surface area contributed by atoms with Crippen molar-refractivity contribution < 1.29 is 139 Å². The number of nitrogens with zero attached hydrogens (tertiary/aromatic N) is 6. The fourth-order valence-electron chi connectivity index (χ4n) is 3.44. The summed E-state index contributed by atoms with van der Waals surface area (Å²) in [6, 6.07) is 6.10. The number of halogens is 4. The van der Waals surface area contributed by atoms with Gasteiger partial charge in [0.15, 0.2) is 22.9 Å². The molecule has 0 bridgehead atoms. The molecule has 48 heavy (non-hydrogen) atoms. The number of aromatic amines is 1. The van der Waals surface area contributed by atoms with Gasteiger partial charge in [0.1, 0.15) is 26.1 Å². The summed E-state index contributed by atoms with van der Waals surface area (Å²) in [4.78, 5) is 72.8. The first-order valence-corrected chi connectivity index (χ1v) is 13.6. The van der Waals surface area contributed by atoms with Gasteiger partial charge < -0.3 is 31.7 Å². The molecule has 0 unspecified atom stereocenters. The van der Waals surface area contributed by atoms with E-state index in [0.29, 0.717) is 5.56 Å². The zero-order chi connectivity index (χ0) is 33.8. The summed E-state index contributed by atoms with van der Waals surface area (Å²) in [5, 5.41) is 21.7. The number of H-pyrrole nitrogens is 1.